The van der Waals surface area contributed by atoms with Gasteiger partial charge in [0.15, 0.2) is 36.3 Å². The molecule has 3 aliphatic heterocycles. The quantitative estimate of drug-likeness (QED) is 0.212. The molecular formula is C21H21F2N9O10PS-. The number of hydrogen-bond acceptors (Lipinski definition) is 15. The van der Waals surface area contributed by atoms with Crippen molar-refractivity contribution in [2.75, 3.05) is 18.9 Å². The van der Waals surface area contributed by atoms with Gasteiger partial charge in [0, 0.05) is 12.7 Å². The van der Waals surface area contributed by atoms with Crippen LogP contribution in [0, 0.1) is 0 Å². The molecule has 7 heterocycles. The van der Waals surface area contributed by atoms with Crippen LogP contribution in [0.3, 0.4) is 0 Å². The minimum Gasteiger partial charge on any atom is -0.756 e. The molecule has 0 bridgehead atoms. The van der Waals surface area contributed by atoms with Crippen LogP contribution >= 0.6 is 7.82 Å². The summed E-state index contributed by atoms with van der Waals surface area (Å²) >= 11 is 0. The van der Waals surface area contributed by atoms with E-state index in [4.69, 9.17) is 28.4 Å². The van der Waals surface area contributed by atoms with E-state index in [9.17, 15) is 22.7 Å². The van der Waals surface area contributed by atoms with Gasteiger partial charge in [-0.25, -0.2) is 32.9 Å². The smallest absolute Gasteiger partial charge is 0.336 e. The van der Waals surface area contributed by atoms with E-state index < -0.39 is 86.1 Å². The minimum atomic E-state index is -5.37. The van der Waals surface area contributed by atoms with Gasteiger partial charge in [0.05, 0.1) is 24.6 Å². The van der Waals surface area contributed by atoms with Crippen molar-refractivity contribution in [3.8, 4) is 0 Å². The van der Waals surface area contributed by atoms with Crippen LogP contribution in [0.1, 0.15) is 12.5 Å². The molecule has 3 fully saturated rings. The number of nitrogens with zero attached hydrogens (tertiary/aromatic N) is 6. The fraction of sp³-hybridized carbons (Fsp3) is 0.476. The number of rotatable bonds is 2. The molecule has 0 aromatic carbocycles. The van der Waals surface area contributed by atoms with Crippen LogP contribution < -0.4 is 20.9 Å². The van der Waals surface area contributed by atoms with Gasteiger partial charge in [-0.1, -0.05) is 0 Å². The highest BCUT2D eigenvalue weighted by atomic mass is 32.2. The Labute approximate surface area is 244 Å². The van der Waals surface area contributed by atoms with Crippen LogP contribution in [0.5, 0.6) is 0 Å². The first kappa shape index (κ1) is 29.3. The number of aromatic nitrogens is 7. The number of alkyl halides is 2. The van der Waals surface area contributed by atoms with E-state index in [1.807, 2.05) is 4.72 Å². The largest absolute Gasteiger partial charge is 0.756 e. The van der Waals surface area contributed by atoms with Gasteiger partial charge in [0.1, 0.15) is 41.9 Å². The van der Waals surface area contributed by atoms with Crippen LogP contribution in [0.15, 0.2) is 36.0 Å². The summed E-state index contributed by atoms with van der Waals surface area (Å²) in [7, 11) is -10.2. The van der Waals surface area contributed by atoms with E-state index in [0.717, 1.165) is 28.1 Å². The zero-order valence-electron chi connectivity index (χ0n) is 21.9. The summed E-state index contributed by atoms with van der Waals surface area (Å²) in [4.78, 5) is 43.1. The SMILES string of the molecule is Nc1ncnc2c1ncn2[C@@H]1O[C@@H]2CNS(=O)(=O)O[C@H]3[C@H](F)[C@H](n4ccc5c(=O)[nH]cnc54)O[C@@H]3COP(=O)([O-])O[C@H]2[C@H]1F. The number of phosphoric acid groups is 1. The van der Waals surface area contributed by atoms with E-state index in [0.29, 0.717) is 0 Å². The number of nitrogens with one attached hydrogen (secondary N) is 2. The van der Waals surface area contributed by atoms with Crippen molar-refractivity contribution in [2.24, 2.45) is 0 Å². The van der Waals surface area contributed by atoms with Crippen molar-refractivity contribution < 1.29 is 49.4 Å². The van der Waals surface area contributed by atoms with Gasteiger partial charge >= 0.3 is 10.3 Å². The molecule has 0 spiro atoms. The van der Waals surface area contributed by atoms with Crippen molar-refractivity contribution in [3.63, 3.8) is 0 Å². The maximum atomic E-state index is 15.8. The zero-order chi connectivity index (χ0) is 31.0. The number of imidazole rings is 1. The lowest BCUT2D eigenvalue weighted by atomic mass is 10.1. The van der Waals surface area contributed by atoms with Gasteiger partial charge in [-0.05, 0) is 6.07 Å². The number of ether oxygens (including phenoxy) is 2. The highest BCUT2D eigenvalue weighted by Gasteiger charge is 2.53. The topological polar surface area (TPSA) is 253 Å². The number of nitrogens with two attached hydrogens (primary N) is 1. The van der Waals surface area contributed by atoms with E-state index in [1.165, 1.54) is 12.3 Å². The third kappa shape index (κ3) is 4.97. The maximum absolute atomic E-state index is 15.8. The number of halogens is 2. The Bertz CT molecular complexity index is 1960. The molecule has 4 aromatic heterocycles. The van der Waals surface area contributed by atoms with Gasteiger partial charge in [0.25, 0.3) is 13.4 Å². The molecule has 9 atom stereocenters. The summed E-state index contributed by atoms with van der Waals surface area (Å²) < 4.78 is 101. The van der Waals surface area contributed by atoms with Crippen molar-refractivity contribution in [1.82, 2.24) is 38.8 Å². The molecule has 4 N–H and O–H groups in total. The maximum Gasteiger partial charge on any atom is 0.336 e. The zero-order valence-corrected chi connectivity index (χ0v) is 23.6. The Morgan fingerprint density at radius 1 is 1.05 bits per heavy atom. The van der Waals surface area contributed by atoms with Crippen LogP contribution in [0.4, 0.5) is 14.6 Å². The van der Waals surface area contributed by atoms with Gasteiger partial charge in [-0.2, -0.15) is 13.1 Å². The second-order valence-corrected chi connectivity index (χ2v) is 12.7. The first-order valence-electron chi connectivity index (χ1n) is 12.8. The average molecular weight is 660 g/mol. The molecule has 1 unspecified atom stereocenters. The predicted octanol–water partition coefficient (Wildman–Crippen LogP) is -1.28. The summed E-state index contributed by atoms with van der Waals surface area (Å²) in [5.41, 5.74) is 5.43. The fourth-order valence-electron chi connectivity index (χ4n) is 5.33. The summed E-state index contributed by atoms with van der Waals surface area (Å²) in [5.74, 6) is -0.0108. The lowest BCUT2D eigenvalue weighted by Gasteiger charge is -2.31. The van der Waals surface area contributed by atoms with Crippen LogP contribution in [0.2, 0.25) is 0 Å². The van der Waals surface area contributed by atoms with Crippen LogP contribution in [0.25, 0.3) is 22.2 Å². The number of aromatic amines is 1. The number of hydrogen-bond donors (Lipinski definition) is 3. The number of anilines is 1. The molecule has 0 saturated carbocycles. The van der Waals surface area contributed by atoms with Gasteiger partial charge in [-0.15, -0.1) is 0 Å². The van der Waals surface area contributed by atoms with E-state index >= 15 is 8.78 Å². The number of phosphoric ester groups is 1. The predicted molar refractivity (Wildman–Crippen MR) is 138 cm³/mol. The molecule has 44 heavy (non-hydrogen) atoms. The highest BCUT2D eigenvalue weighted by Crippen LogP contribution is 2.48. The number of nitrogen functional groups attached to an aromatic ring is 1. The van der Waals surface area contributed by atoms with E-state index in [1.54, 1.807) is 0 Å². The Hall–Kier alpha value is -3.47. The third-order valence-electron chi connectivity index (χ3n) is 7.33. The lowest BCUT2D eigenvalue weighted by Crippen LogP contribution is -2.45. The highest BCUT2D eigenvalue weighted by molar-refractivity contribution is 7.84. The molecule has 0 aliphatic carbocycles. The molecule has 236 valence electrons. The molecule has 4 aromatic rings. The first-order valence-corrected chi connectivity index (χ1v) is 15.7. The van der Waals surface area contributed by atoms with E-state index in [-0.39, 0.29) is 28.0 Å². The van der Waals surface area contributed by atoms with Gasteiger partial charge in [-0.3, -0.25) is 13.9 Å². The average Bonchev–Trinajstić information content (AvgIpc) is 3.73. The van der Waals surface area contributed by atoms with Crippen molar-refractivity contribution >= 4 is 46.1 Å². The van der Waals surface area contributed by atoms with Crippen molar-refractivity contribution in [1.29, 1.82) is 0 Å². The minimum absolute atomic E-state index is 0.00628. The van der Waals surface area contributed by atoms with Crippen molar-refractivity contribution in [3.05, 3.63) is 41.6 Å². The monoisotopic (exact) mass is 660 g/mol. The Balaban J connectivity index is 1.17. The molecule has 3 saturated heterocycles. The summed E-state index contributed by atoms with van der Waals surface area (Å²) in [6, 6.07) is 1.34. The van der Waals surface area contributed by atoms with Crippen LogP contribution in [-0.2, 0) is 37.6 Å². The summed E-state index contributed by atoms with van der Waals surface area (Å²) in [5, 5.41) is 0.0864. The molecule has 7 rings (SSSR count). The Morgan fingerprint density at radius 3 is 2.61 bits per heavy atom. The summed E-state index contributed by atoms with van der Waals surface area (Å²) in [6.07, 6.45) is -10.1. The number of H-pyrrole nitrogens is 1. The number of fused-ring (bicyclic) bond motifs is 4. The molecule has 0 radical (unpaired) electrons. The van der Waals surface area contributed by atoms with Gasteiger partial charge < -0.3 is 38.7 Å². The van der Waals surface area contributed by atoms with Gasteiger partial charge in [0.2, 0.25) is 0 Å². The molecule has 23 heteroatoms. The Morgan fingerprint density at radius 2 is 1.80 bits per heavy atom. The second kappa shape index (κ2) is 10.6. The molecule has 19 nitrogen and oxygen atoms in total. The molecule has 0 amide bonds. The van der Waals surface area contributed by atoms with Crippen LogP contribution in [-0.4, -0.2) is 92.4 Å². The normalized spacial score (nSPS) is 36.1. The molecule has 3 aliphatic rings. The first-order chi connectivity index (χ1) is 20.9. The Kier molecular flexibility index (Phi) is 7.02. The fourth-order valence-corrected chi connectivity index (χ4v) is 7.23. The third-order valence-corrected chi connectivity index (χ3v) is 9.29. The van der Waals surface area contributed by atoms with Crippen molar-refractivity contribution in [2.45, 2.75) is 49.2 Å². The summed E-state index contributed by atoms with van der Waals surface area (Å²) in [6.45, 7) is -1.74. The van der Waals surface area contributed by atoms with E-state index in [2.05, 4.69) is 24.9 Å². The molecular weight excluding hydrogens is 639 g/mol. The standard InChI is InChI=1S/C21H22F2N9O10PS/c22-11-14-9(39-21(11)32-7-29-13-16(24)25-5-27-18(13)32)3-30-44(36,37)42-15-10(4-38-43(34,35)41-14)40-20(12(15)23)31-2-1-8-17(31)26-6-28-19(8)33/h1-2,5-7,9-12,14-15,20-21,30H,3-4H2,(H,34,35)(H2,24,25,27)(H,26,28,33)/p-1/t9-,10-,11-,12+,14-,15-,20-,21-/m1/s1. The second-order valence-electron chi connectivity index (χ2n) is 9.97. The lowest BCUT2D eigenvalue weighted by molar-refractivity contribution is -0.235.